The van der Waals surface area contributed by atoms with Crippen molar-refractivity contribution in [1.82, 2.24) is 19.4 Å². The zero-order valence-electron chi connectivity index (χ0n) is 16.6. The van der Waals surface area contributed by atoms with E-state index in [1.807, 2.05) is 35.9 Å². The summed E-state index contributed by atoms with van der Waals surface area (Å²) in [6, 6.07) is 10.1. The van der Waals surface area contributed by atoms with Crippen LogP contribution in [0, 0.1) is 6.92 Å². The minimum atomic E-state index is -0.678. The topological polar surface area (TPSA) is 88.3 Å². The molecule has 0 saturated carbocycles. The molecule has 7 heteroatoms. The number of likely N-dealkylation sites (tertiary alicyclic amines) is 1. The van der Waals surface area contributed by atoms with Gasteiger partial charge >= 0.3 is 0 Å². The summed E-state index contributed by atoms with van der Waals surface area (Å²) in [4.78, 5) is 35.5. The van der Waals surface area contributed by atoms with Crippen LogP contribution in [-0.2, 0) is 16.1 Å². The molecule has 152 valence electrons. The summed E-state index contributed by atoms with van der Waals surface area (Å²) in [6.45, 7) is 2.98. The summed E-state index contributed by atoms with van der Waals surface area (Å²) in [7, 11) is 0. The predicted octanol–water partition coefficient (Wildman–Crippen LogP) is 3.10. The number of ketones is 1. The van der Waals surface area contributed by atoms with Crippen molar-refractivity contribution in [3.63, 3.8) is 0 Å². The predicted molar refractivity (Wildman–Crippen MR) is 111 cm³/mol. The lowest BCUT2D eigenvalue weighted by molar-refractivity contribution is -0.139. The van der Waals surface area contributed by atoms with Crippen LogP contribution in [0.2, 0.25) is 0 Å². The van der Waals surface area contributed by atoms with Crippen molar-refractivity contribution in [3.05, 3.63) is 89.8 Å². The normalized spacial score (nSPS) is 18.2. The zero-order valence-corrected chi connectivity index (χ0v) is 16.6. The van der Waals surface area contributed by atoms with Crippen LogP contribution in [0.1, 0.15) is 29.2 Å². The zero-order chi connectivity index (χ0) is 21.1. The number of Topliss-reactive ketones (excluding diaryl/α,β-unsaturated/α-hetero) is 1. The highest BCUT2D eigenvalue weighted by Gasteiger charge is 2.45. The van der Waals surface area contributed by atoms with Crippen molar-refractivity contribution in [1.29, 1.82) is 0 Å². The van der Waals surface area contributed by atoms with Crippen LogP contribution in [0.4, 0.5) is 0 Å². The standard InChI is InChI=1S/C23H22N4O3/c1-16-5-7-17(8-6-16)21(28)19-20(18-4-2-9-24-14-18)27(23(30)22(19)29)12-3-11-26-13-10-25-15-26/h2,4-10,13-15,20,28H,3,11-12H2,1H3. The Bertz CT molecular complexity index is 1070. The molecule has 0 aliphatic carbocycles. The summed E-state index contributed by atoms with van der Waals surface area (Å²) in [5.41, 5.74) is 2.33. The lowest BCUT2D eigenvalue weighted by Gasteiger charge is -2.25. The smallest absolute Gasteiger partial charge is 0.295 e. The molecule has 7 nitrogen and oxygen atoms in total. The number of carbonyl (C=O) groups excluding carboxylic acids is 2. The van der Waals surface area contributed by atoms with E-state index in [9.17, 15) is 14.7 Å². The average molecular weight is 402 g/mol. The number of carbonyl (C=O) groups is 2. The third-order valence-electron chi connectivity index (χ3n) is 5.24. The third-order valence-corrected chi connectivity index (χ3v) is 5.24. The van der Waals surface area contributed by atoms with Gasteiger partial charge in [-0.2, -0.15) is 0 Å². The molecule has 1 aromatic carbocycles. The SMILES string of the molecule is Cc1ccc(C(O)=C2C(=O)C(=O)N(CCCn3ccnc3)C2c2cccnc2)cc1. The van der Waals surface area contributed by atoms with E-state index >= 15 is 0 Å². The first kappa shape index (κ1) is 19.6. The van der Waals surface area contributed by atoms with Crippen LogP contribution in [0.25, 0.3) is 5.76 Å². The van der Waals surface area contributed by atoms with E-state index in [-0.39, 0.29) is 11.3 Å². The third kappa shape index (κ3) is 3.74. The first-order valence-corrected chi connectivity index (χ1v) is 9.77. The minimum Gasteiger partial charge on any atom is -0.507 e. The van der Waals surface area contributed by atoms with Gasteiger partial charge in [0, 0.05) is 43.4 Å². The largest absolute Gasteiger partial charge is 0.507 e. The molecular formula is C23H22N4O3. The average Bonchev–Trinajstić information content (AvgIpc) is 3.37. The Hall–Kier alpha value is -3.74. The number of hydrogen-bond donors (Lipinski definition) is 1. The number of aromatic nitrogens is 3. The van der Waals surface area contributed by atoms with Crippen LogP contribution in [0.15, 0.2) is 73.1 Å². The van der Waals surface area contributed by atoms with Gasteiger partial charge in [-0.1, -0.05) is 35.9 Å². The number of imidazole rings is 1. The Balaban J connectivity index is 1.71. The van der Waals surface area contributed by atoms with E-state index in [2.05, 4.69) is 9.97 Å². The van der Waals surface area contributed by atoms with E-state index in [4.69, 9.17) is 0 Å². The van der Waals surface area contributed by atoms with Gasteiger partial charge in [-0.3, -0.25) is 14.6 Å². The van der Waals surface area contributed by atoms with Gasteiger partial charge < -0.3 is 14.6 Å². The van der Waals surface area contributed by atoms with Gasteiger partial charge in [-0.25, -0.2) is 4.98 Å². The van der Waals surface area contributed by atoms with Crippen LogP contribution in [0.5, 0.6) is 0 Å². The van der Waals surface area contributed by atoms with Crippen LogP contribution in [0.3, 0.4) is 0 Å². The lowest BCUT2D eigenvalue weighted by atomic mass is 9.96. The van der Waals surface area contributed by atoms with Gasteiger partial charge in [-0.15, -0.1) is 0 Å². The monoisotopic (exact) mass is 402 g/mol. The van der Waals surface area contributed by atoms with E-state index in [0.29, 0.717) is 30.6 Å². The van der Waals surface area contributed by atoms with Gasteiger partial charge in [0.2, 0.25) is 0 Å². The molecule has 1 aliphatic heterocycles. The summed E-state index contributed by atoms with van der Waals surface area (Å²) in [5, 5.41) is 11.0. The highest BCUT2D eigenvalue weighted by molar-refractivity contribution is 6.46. The number of pyridine rings is 1. The summed E-state index contributed by atoms with van der Waals surface area (Å²) < 4.78 is 1.92. The molecule has 1 N–H and O–H groups in total. The molecule has 1 unspecified atom stereocenters. The number of aliphatic hydroxyl groups excluding tert-OH is 1. The summed E-state index contributed by atoms with van der Waals surface area (Å²) in [6.07, 6.45) is 9.17. The second-order valence-electron chi connectivity index (χ2n) is 7.30. The molecule has 2 aromatic heterocycles. The molecule has 1 atom stereocenters. The summed E-state index contributed by atoms with van der Waals surface area (Å²) in [5.74, 6) is -1.45. The molecule has 0 bridgehead atoms. The molecule has 1 saturated heterocycles. The van der Waals surface area contributed by atoms with Crippen molar-refractivity contribution >= 4 is 17.4 Å². The van der Waals surface area contributed by atoms with Crippen molar-refractivity contribution in [2.24, 2.45) is 0 Å². The number of rotatable bonds is 6. The maximum absolute atomic E-state index is 12.9. The minimum absolute atomic E-state index is 0.0967. The van der Waals surface area contributed by atoms with Gasteiger partial charge in [0.1, 0.15) is 5.76 Å². The second-order valence-corrected chi connectivity index (χ2v) is 7.30. The number of aryl methyl sites for hydroxylation is 2. The van der Waals surface area contributed by atoms with Crippen molar-refractivity contribution < 1.29 is 14.7 Å². The van der Waals surface area contributed by atoms with Crippen molar-refractivity contribution in [2.45, 2.75) is 25.9 Å². The Labute approximate surface area is 174 Å². The maximum atomic E-state index is 12.9. The maximum Gasteiger partial charge on any atom is 0.295 e. The van der Waals surface area contributed by atoms with Gasteiger partial charge in [0.15, 0.2) is 0 Å². The fourth-order valence-corrected chi connectivity index (χ4v) is 3.70. The number of nitrogens with zero attached hydrogens (tertiary/aromatic N) is 4. The van der Waals surface area contributed by atoms with Crippen molar-refractivity contribution in [3.8, 4) is 0 Å². The van der Waals surface area contributed by atoms with E-state index in [1.54, 1.807) is 43.1 Å². The van der Waals surface area contributed by atoms with Crippen LogP contribution in [-0.4, -0.2) is 42.8 Å². The Morgan fingerprint density at radius 3 is 2.53 bits per heavy atom. The molecule has 3 heterocycles. The molecule has 0 spiro atoms. The van der Waals surface area contributed by atoms with Crippen molar-refractivity contribution in [2.75, 3.05) is 6.54 Å². The molecule has 1 fully saturated rings. The van der Waals surface area contributed by atoms with Gasteiger partial charge in [0.05, 0.1) is 17.9 Å². The Morgan fingerprint density at radius 2 is 1.87 bits per heavy atom. The first-order chi connectivity index (χ1) is 14.6. The molecule has 1 amide bonds. The van der Waals surface area contributed by atoms with E-state index in [1.165, 1.54) is 4.90 Å². The number of hydrogen-bond acceptors (Lipinski definition) is 5. The number of aliphatic hydroxyl groups is 1. The number of amides is 1. The number of benzene rings is 1. The lowest BCUT2D eigenvalue weighted by Crippen LogP contribution is -2.31. The molecule has 0 radical (unpaired) electrons. The Kier molecular flexibility index (Phi) is 5.43. The first-order valence-electron chi connectivity index (χ1n) is 9.77. The molecule has 30 heavy (non-hydrogen) atoms. The highest BCUT2D eigenvalue weighted by atomic mass is 16.3. The molecule has 3 aromatic rings. The second kappa shape index (κ2) is 8.32. The fraction of sp³-hybridized carbons (Fsp3) is 0.217. The summed E-state index contributed by atoms with van der Waals surface area (Å²) >= 11 is 0. The van der Waals surface area contributed by atoms with Crippen LogP contribution < -0.4 is 0 Å². The molecule has 1 aliphatic rings. The van der Waals surface area contributed by atoms with E-state index < -0.39 is 17.7 Å². The van der Waals surface area contributed by atoms with Gasteiger partial charge in [-0.05, 0) is 25.0 Å². The fourth-order valence-electron chi connectivity index (χ4n) is 3.70. The van der Waals surface area contributed by atoms with Crippen LogP contribution >= 0.6 is 0 Å². The van der Waals surface area contributed by atoms with E-state index in [0.717, 1.165) is 5.56 Å². The molecule has 4 rings (SSSR count). The quantitative estimate of drug-likeness (QED) is 0.389. The Morgan fingerprint density at radius 1 is 1.07 bits per heavy atom. The highest BCUT2D eigenvalue weighted by Crippen LogP contribution is 2.39. The van der Waals surface area contributed by atoms with Gasteiger partial charge in [0.25, 0.3) is 11.7 Å². The molecular weight excluding hydrogens is 380 g/mol.